The number of benzene rings is 1. The summed E-state index contributed by atoms with van der Waals surface area (Å²) in [5.41, 5.74) is 1.94. The maximum atomic E-state index is 10.8. The van der Waals surface area contributed by atoms with Gasteiger partial charge in [-0.3, -0.25) is 10.1 Å². The van der Waals surface area contributed by atoms with Crippen LogP contribution in [0.3, 0.4) is 0 Å². The van der Waals surface area contributed by atoms with Crippen molar-refractivity contribution in [2.45, 2.75) is 31.6 Å². The lowest BCUT2D eigenvalue weighted by atomic mass is 10.1. The van der Waals surface area contributed by atoms with E-state index < -0.39 is 0 Å². The third-order valence-corrected chi connectivity index (χ3v) is 4.12. The van der Waals surface area contributed by atoms with Crippen LogP contribution in [0, 0.1) is 16.0 Å². The summed E-state index contributed by atoms with van der Waals surface area (Å²) in [5, 5.41) is 10.8. The third-order valence-electron chi connectivity index (χ3n) is 3.84. The van der Waals surface area contributed by atoms with Crippen LogP contribution >= 0.6 is 11.6 Å². The molecule has 0 radical (unpaired) electrons. The molecule has 19 heavy (non-hydrogen) atoms. The Balaban J connectivity index is 2.15. The summed E-state index contributed by atoms with van der Waals surface area (Å²) in [5.74, 6) is 1.04. The Bertz CT molecular complexity index is 459. The van der Waals surface area contributed by atoms with Gasteiger partial charge in [0, 0.05) is 37.3 Å². The van der Waals surface area contributed by atoms with Gasteiger partial charge in [-0.15, -0.1) is 11.6 Å². The minimum atomic E-state index is -0.378. The van der Waals surface area contributed by atoms with Crippen molar-refractivity contribution in [1.82, 2.24) is 0 Å². The Morgan fingerprint density at radius 1 is 1.42 bits per heavy atom. The monoisotopic (exact) mass is 282 g/mol. The molecule has 0 unspecified atom stereocenters. The number of nitrogens with zero attached hydrogens (tertiary/aromatic N) is 2. The predicted molar refractivity (Wildman–Crippen MR) is 77.9 cm³/mol. The van der Waals surface area contributed by atoms with Crippen LogP contribution in [0.4, 0.5) is 11.4 Å². The van der Waals surface area contributed by atoms with Gasteiger partial charge >= 0.3 is 0 Å². The zero-order valence-electron chi connectivity index (χ0n) is 11.1. The van der Waals surface area contributed by atoms with Crippen molar-refractivity contribution in [3.8, 4) is 0 Å². The largest absolute Gasteiger partial charge is 0.374 e. The lowest BCUT2D eigenvalue weighted by molar-refractivity contribution is -0.384. The van der Waals surface area contributed by atoms with Crippen molar-refractivity contribution >= 4 is 23.0 Å². The molecule has 0 bridgehead atoms. The van der Waals surface area contributed by atoms with E-state index in [-0.39, 0.29) is 10.6 Å². The molecule has 0 aliphatic heterocycles. The lowest BCUT2D eigenvalue weighted by Crippen LogP contribution is -2.24. The molecule has 0 heterocycles. The first kappa shape index (κ1) is 14.1. The molecule has 1 aliphatic rings. The molecule has 1 aliphatic carbocycles. The van der Waals surface area contributed by atoms with Gasteiger partial charge in [-0.2, -0.15) is 0 Å². The number of nitro groups is 1. The second kappa shape index (κ2) is 6.24. The number of rotatable bonds is 5. The molecule has 104 valence electrons. The minimum Gasteiger partial charge on any atom is -0.374 e. The summed E-state index contributed by atoms with van der Waals surface area (Å²) in [6, 6.07) is 4.94. The van der Waals surface area contributed by atoms with Gasteiger partial charge in [0.05, 0.1) is 4.92 Å². The van der Waals surface area contributed by atoms with Crippen molar-refractivity contribution in [2.24, 2.45) is 5.92 Å². The van der Waals surface area contributed by atoms with Gasteiger partial charge in [0.25, 0.3) is 5.69 Å². The minimum absolute atomic E-state index is 0.105. The molecule has 0 atom stereocenters. The maximum Gasteiger partial charge on any atom is 0.269 e. The Labute approximate surface area is 118 Å². The summed E-state index contributed by atoms with van der Waals surface area (Å²) in [7, 11) is 2.04. The van der Waals surface area contributed by atoms with E-state index in [0.717, 1.165) is 23.7 Å². The van der Waals surface area contributed by atoms with Gasteiger partial charge in [-0.05, 0) is 30.4 Å². The summed E-state index contributed by atoms with van der Waals surface area (Å²) in [4.78, 5) is 12.6. The van der Waals surface area contributed by atoms with Crippen molar-refractivity contribution in [3.63, 3.8) is 0 Å². The fourth-order valence-electron chi connectivity index (χ4n) is 2.84. The number of anilines is 1. The van der Waals surface area contributed by atoms with Gasteiger partial charge < -0.3 is 4.90 Å². The molecule has 1 aromatic carbocycles. The van der Waals surface area contributed by atoms with Gasteiger partial charge in [-0.25, -0.2) is 0 Å². The second-order valence-electron chi connectivity index (χ2n) is 5.23. The molecule has 1 aromatic rings. The van der Waals surface area contributed by atoms with Crippen LogP contribution in [0.25, 0.3) is 0 Å². The van der Waals surface area contributed by atoms with Gasteiger partial charge in [0.1, 0.15) is 0 Å². The molecule has 0 N–H and O–H groups in total. The standard InChI is InChI=1S/C14H19ClN2O2/c1-16(10-11-4-2-3-5-11)14-7-6-13(17(18)19)8-12(14)9-15/h6-8,11H,2-5,9-10H2,1H3. The average molecular weight is 283 g/mol. The van der Waals surface area contributed by atoms with E-state index in [4.69, 9.17) is 11.6 Å². The zero-order valence-corrected chi connectivity index (χ0v) is 11.9. The Morgan fingerprint density at radius 3 is 2.68 bits per heavy atom. The van der Waals surface area contributed by atoms with Crippen LogP contribution in [0.2, 0.25) is 0 Å². The average Bonchev–Trinajstić information content (AvgIpc) is 2.90. The first-order chi connectivity index (χ1) is 9.11. The molecule has 0 saturated heterocycles. The van der Waals surface area contributed by atoms with Crippen LogP contribution in [0.15, 0.2) is 18.2 Å². The van der Waals surface area contributed by atoms with Crippen LogP contribution in [-0.2, 0) is 5.88 Å². The highest BCUT2D eigenvalue weighted by Gasteiger charge is 2.19. The van der Waals surface area contributed by atoms with Crippen LogP contribution in [-0.4, -0.2) is 18.5 Å². The number of nitro benzene ring substituents is 1. The molecular weight excluding hydrogens is 264 g/mol. The highest BCUT2D eigenvalue weighted by molar-refractivity contribution is 6.17. The second-order valence-corrected chi connectivity index (χ2v) is 5.50. The zero-order chi connectivity index (χ0) is 13.8. The van der Waals surface area contributed by atoms with Crippen LogP contribution in [0.1, 0.15) is 31.2 Å². The Kier molecular flexibility index (Phi) is 4.64. The van der Waals surface area contributed by atoms with E-state index in [2.05, 4.69) is 4.90 Å². The number of hydrogen-bond donors (Lipinski definition) is 0. The Morgan fingerprint density at radius 2 is 2.11 bits per heavy atom. The highest BCUT2D eigenvalue weighted by atomic mass is 35.5. The summed E-state index contributed by atoms with van der Waals surface area (Å²) in [6.45, 7) is 1.00. The summed E-state index contributed by atoms with van der Waals surface area (Å²) >= 11 is 5.92. The van der Waals surface area contributed by atoms with Crippen LogP contribution < -0.4 is 4.90 Å². The molecule has 2 rings (SSSR count). The van der Waals surface area contributed by atoms with Crippen molar-refractivity contribution in [1.29, 1.82) is 0 Å². The summed E-state index contributed by atoms with van der Waals surface area (Å²) in [6.07, 6.45) is 5.21. The van der Waals surface area contributed by atoms with Crippen molar-refractivity contribution in [3.05, 3.63) is 33.9 Å². The highest BCUT2D eigenvalue weighted by Crippen LogP contribution is 2.30. The van der Waals surface area contributed by atoms with Crippen molar-refractivity contribution in [2.75, 3.05) is 18.5 Å². The predicted octanol–water partition coefficient (Wildman–Crippen LogP) is 3.96. The number of halogens is 1. The van der Waals surface area contributed by atoms with E-state index in [1.54, 1.807) is 12.1 Å². The van der Waals surface area contributed by atoms with E-state index >= 15 is 0 Å². The van der Waals surface area contributed by atoms with Crippen LogP contribution in [0.5, 0.6) is 0 Å². The van der Waals surface area contributed by atoms with E-state index in [9.17, 15) is 10.1 Å². The van der Waals surface area contributed by atoms with E-state index in [1.165, 1.54) is 25.7 Å². The van der Waals surface area contributed by atoms with Gasteiger partial charge in [-0.1, -0.05) is 12.8 Å². The molecule has 0 spiro atoms. The smallest absolute Gasteiger partial charge is 0.269 e. The number of hydrogen-bond acceptors (Lipinski definition) is 3. The van der Waals surface area contributed by atoms with E-state index in [1.807, 2.05) is 13.1 Å². The molecule has 5 heteroatoms. The molecule has 1 saturated carbocycles. The lowest BCUT2D eigenvalue weighted by Gasteiger charge is -2.25. The van der Waals surface area contributed by atoms with E-state index in [0.29, 0.717) is 5.88 Å². The van der Waals surface area contributed by atoms with Crippen molar-refractivity contribution < 1.29 is 4.92 Å². The van der Waals surface area contributed by atoms with Gasteiger partial charge in [0.2, 0.25) is 0 Å². The SMILES string of the molecule is CN(CC1CCCC1)c1ccc([N+](=O)[O-])cc1CCl. The molecule has 0 aromatic heterocycles. The Hall–Kier alpha value is -1.29. The first-order valence-electron chi connectivity index (χ1n) is 6.66. The molecule has 0 amide bonds. The number of non-ortho nitro benzene ring substituents is 1. The molecular formula is C14H19ClN2O2. The fourth-order valence-corrected chi connectivity index (χ4v) is 3.06. The molecule has 4 nitrogen and oxygen atoms in total. The summed E-state index contributed by atoms with van der Waals surface area (Å²) < 4.78 is 0. The normalized spacial score (nSPS) is 15.7. The maximum absolute atomic E-state index is 10.8. The quantitative estimate of drug-likeness (QED) is 0.466. The first-order valence-corrected chi connectivity index (χ1v) is 7.19. The van der Waals surface area contributed by atoms with Gasteiger partial charge in [0.15, 0.2) is 0 Å². The number of alkyl halides is 1. The fraction of sp³-hybridized carbons (Fsp3) is 0.571. The topological polar surface area (TPSA) is 46.4 Å². The third kappa shape index (κ3) is 3.38. The molecule has 1 fully saturated rings.